The van der Waals surface area contributed by atoms with Crippen LogP contribution in [0.4, 0.5) is 20.4 Å². The number of aromatic nitrogens is 1. The summed E-state index contributed by atoms with van der Waals surface area (Å²) in [5, 5.41) is 14.3. The molecule has 1 aromatic rings. The van der Waals surface area contributed by atoms with Crippen LogP contribution >= 0.6 is 0 Å². The summed E-state index contributed by atoms with van der Waals surface area (Å²) >= 11 is 0. The van der Waals surface area contributed by atoms with E-state index < -0.39 is 12.3 Å². The number of alkyl halides is 2. The highest BCUT2D eigenvalue weighted by atomic mass is 19.3. The van der Waals surface area contributed by atoms with E-state index in [0.717, 1.165) is 31.7 Å². The topological polar surface area (TPSA) is 84.4 Å². The molecule has 2 aliphatic heterocycles. The molecule has 2 saturated heterocycles. The largest absolute Gasteiger partial charge is 0.373 e. The van der Waals surface area contributed by atoms with Gasteiger partial charge >= 0.3 is 0 Å². The number of piperidine rings is 1. The third-order valence-electron chi connectivity index (χ3n) is 5.86. The molecule has 30 heavy (non-hydrogen) atoms. The third-order valence-corrected chi connectivity index (χ3v) is 5.86. The zero-order valence-corrected chi connectivity index (χ0v) is 17.6. The third kappa shape index (κ3) is 5.87. The van der Waals surface area contributed by atoms with Gasteiger partial charge in [0, 0.05) is 44.8 Å². The molecule has 2 fully saturated rings. The molecule has 0 atom stereocenters. The number of carbonyl (C=O) groups is 1. The van der Waals surface area contributed by atoms with Crippen molar-refractivity contribution in [2.75, 3.05) is 50.0 Å². The molecule has 3 N–H and O–H groups in total. The number of pyridine rings is 1. The van der Waals surface area contributed by atoms with Gasteiger partial charge in [0.25, 0.3) is 12.3 Å². The first-order chi connectivity index (χ1) is 14.5. The summed E-state index contributed by atoms with van der Waals surface area (Å²) in [7, 11) is 1.74. The zero-order valence-electron chi connectivity index (χ0n) is 17.6. The predicted octanol–water partition coefficient (Wildman–Crippen LogP) is 2.72. The highest BCUT2D eigenvalue weighted by Gasteiger charge is 2.25. The molecule has 0 spiro atoms. The van der Waals surface area contributed by atoms with E-state index in [1.54, 1.807) is 18.0 Å². The summed E-state index contributed by atoms with van der Waals surface area (Å²) in [5.74, 6) is 0.927. The number of nitrogens with zero attached hydrogens (tertiary/aromatic N) is 3. The highest BCUT2D eigenvalue weighted by molar-refractivity contribution is 6.45. The lowest BCUT2D eigenvalue weighted by Crippen LogP contribution is -2.47. The molecule has 0 radical (unpaired) electrons. The molecule has 2 aliphatic rings. The molecule has 0 bridgehead atoms. The second-order valence-corrected chi connectivity index (χ2v) is 8.03. The van der Waals surface area contributed by atoms with Crippen LogP contribution in [0.1, 0.15) is 44.1 Å². The van der Waals surface area contributed by atoms with E-state index in [0.29, 0.717) is 37.3 Å². The van der Waals surface area contributed by atoms with Crippen molar-refractivity contribution < 1.29 is 13.6 Å². The number of carbonyl (C=O) groups excluding carboxylic acids is 1. The van der Waals surface area contributed by atoms with E-state index in [-0.39, 0.29) is 18.3 Å². The van der Waals surface area contributed by atoms with Crippen molar-refractivity contribution in [1.29, 1.82) is 5.41 Å². The van der Waals surface area contributed by atoms with Gasteiger partial charge in [-0.2, -0.15) is 0 Å². The molecule has 1 aromatic heterocycles. The Hall–Kier alpha value is -2.29. The van der Waals surface area contributed by atoms with Crippen LogP contribution in [0.5, 0.6) is 0 Å². The Labute approximate surface area is 176 Å². The van der Waals surface area contributed by atoms with E-state index in [2.05, 4.69) is 20.5 Å². The minimum absolute atomic E-state index is 0.103. The van der Waals surface area contributed by atoms with Gasteiger partial charge in [0.05, 0.1) is 6.54 Å². The Kier molecular flexibility index (Phi) is 7.95. The lowest BCUT2D eigenvalue weighted by Gasteiger charge is -2.32. The fourth-order valence-corrected chi connectivity index (χ4v) is 4.15. The maximum Gasteiger partial charge on any atom is 0.270 e. The molecular weight excluding hydrogens is 390 g/mol. The monoisotopic (exact) mass is 422 g/mol. The number of hydrogen-bond donors (Lipinski definition) is 3. The lowest BCUT2D eigenvalue weighted by atomic mass is 10.0. The van der Waals surface area contributed by atoms with Gasteiger partial charge in [-0.1, -0.05) is 12.8 Å². The fourth-order valence-electron chi connectivity index (χ4n) is 4.15. The Morgan fingerprint density at radius 2 is 1.83 bits per heavy atom. The van der Waals surface area contributed by atoms with Crippen LogP contribution in [0.15, 0.2) is 12.1 Å². The molecular formula is C21H32F2N6O. The first-order valence-electron chi connectivity index (χ1n) is 10.8. The molecule has 9 heteroatoms. The number of hydrogen-bond acceptors (Lipinski definition) is 6. The number of rotatable bonds is 7. The molecule has 0 aromatic carbocycles. The number of amides is 1. The van der Waals surface area contributed by atoms with Gasteiger partial charge in [-0.25, -0.2) is 13.8 Å². The standard InChI is InChI=1S/C21H32F2N6O/c1-25-20-16(6-7-18(27-20)29-10-4-2-3-5-11-29)19(24)21(30)26-15-8-12-28(13-9-15)14-17(22)23/h6-7,15,17,24H,2-5,8-14H2,1H3,(H,25,27)(H,26,30). The van der Waals surface area contributed by atoms with Crippen molar-refractivity contribution in [2.45, 2.75) is 51.0 Å². The van der Waals surface area contributed by atoms with Crippen LogP contribution < -0.4 is 15.5 Å². The number of halogens is 2. The molecule has 166 valence electrons. The second kappa shape index (κ2) is 10.7. The normalized spacial score (nSPS) is 18.9. The lowest BCUT2D eigenvalue weighted by molar-refractivity contribution is -0.115. The van der Waals surface area contributed by atoms with Crippen LogP contribution in [-0.2, 0) is 4.79 Å². The Morgan fingerprint density at radius 3 is 2.43 bits per heavy atom. The molecule has 7 nitrogen and oxygen atoms in total. The second-order valence-electron chi connectivity index (χ2n) is 8.03. The molecule has 3 rings (SSSR count). The Bertz CT molecular complexity index is 728. The van der Waals surface area contributed by atoms with Crippen molar-refractivity contribution in [3.05, 3.63) is 17.7 Å². The molecule has 0 aliphatic carbocycles. The van der Waals surface area contributed by atoms with Gasteiger partial charge in [-0.05, 0) is 37.8 Å². The molecule has 0 unspecified atom stereocenters. The van der Waals surface area contributed by atoms with Crippen molar-refractivity contribution >= 4 is 23.3 Å². The molecule has 3 heterocycles. The van der Waals surface area contributed by atoms with Gasteiger partial charge in [0.15, 0.2) is 0 Å². The summed E-state index contributed by atoms with van der Waals surface area (Å²) in [6.45, 7) is 2.76. The van der Waals surface area contributed by atoms with E-state index >= 15 is 0 Å². The van der Waals surface area contributed by atoms with Gasteiger partial charge in [0.2, 0.25) is 0 Å². The Morgan fingerprint density at radius 1 is 1.17 bits per heavy atom. The quantitative estimate of drug-likeness (QED) is 0.589. The predicted molar refractivity (Wildman–Crippen MR) is 115 cm³/mol. The SMILES string of the molecule is CNc1nc(N2CCCCCC2)ccc1C(=N)C(=O)NC1CCN(CC(F)F)CC1. The average Bonchev–Trinajstić information content (AvgIpc) is 3.03. The van der Waals surface area contributed by atoms with E-state index in [9.17, 15) is 13.6 Å². The summed E-state index contributed by atoms with van der Waals surface area (Å²) < 4.78 is 25.0. The maximum absolute atomic E-state index is 12.6. The van der Waals surface area contributed by atoms with Gasteiger partial charge in [0.1, 0.15) is 17.3 Å². The average molecular weight is 423 g/mol. The smallest absolute Gasteiger partial charge is 0.270 e. The summed E-state index contributed by atoms with van der Waals surface area (Å²) in [5.41, 5.74) is 0.327. The van der Waals surface area contributed by atoms with Gasteiger partial charge in [-0.3, -0.25) is 15.1 Å². The van der Waals surface area contributed by atoms with Crippen LogP contribution in [0.3, 0.4) is 0 Å². The molecule has 0 saturated carbocycles. The van der Waals surface area contributed by atoms with E-state index in [4.69, 9.17) is 5.41 Å². The number of anilines is 2. The van der Waals surface area contributed by atoms with E-state index in [1.807, 2.05) is 6.07 Å². The van der Waals surface area contributed by atoms with E-state index in [1.165, 1.54) is 12.8 Å². The number of likely N-dealkylation sites (tertiary alicyclic amines) is 1. The van der Waals surface area contributed by atoms with Crippen molar-refractivity contribution in [3.8, 4) is 0 Å². The highest BCUT2D eigenvalue weighted by Crippen LogP contribution is 2.22. The zero-order chi connectivity index (χ0) is 21.5. The van der Waals surface area contributed by atoms with Crippen molar-refractivity contribution in [3.63, 3.8) is 0 Å². The minimum Gasteiger partial charge on any atom is -0.373 e. The van der Waals surface area contributed by atoms with Gasteiger partial charge < -0.3 is 15.5 Å². The number of nitrogens with one attached hydrogen (secondary N) is 3. The summed E-state index contributed by atoms with van der Waals surface area (Å²) in [4.78, 5) is 21.3. The van der Waals surface area contributed by atoms with Gasteiger partial charge in [-0.15, -0.1) is 0 Å². The molecule has 1 amide bonds. The maximum atomic E-state index is 12.6. The fraction of sp³-hybridized carbons (Fsp3) is 0.667. The van der Waals surface area contributed by atoms with Crippen LogP contribution in [0.2, 0.25) is 0 Å². The first-order valence-corrected chi connectivity index (χ1v) is 10.8. The van der Waals surface area contributed by atoms with Crippen LogP contribution in [-0.4, -0.2) is 73.7 Å². The first kappa shape index (κ1) is 22.4. The van der Waals surface area contributed by atoms with Crippen molar-refractivity contribution in [2.24, 2.45) is 0 Å². The van der Waals surface area contributed by atoms with Crippen LogP contribution in [0, 0.1) is 5.41 Å². The summed E-state index contributed by atoms with van der Waals surface area (Å²) in [6, 6.07) is 3.56. The van der Waals surface area contributed by atoms with Crippen LogP contribution in [0.25, 0.3) is 0 Å². The Balaban J connectivity index is 1.60. The minimum atomic E-state index is -2.34. The summed E-state index contributed by atoms with van der Waals surface area (Å²) in [6.07, 6.45) is 3.64. The van der Waals surface area contributed by atoms with Crippen molar-refractivity contribution in [1.82, 2.24) is 15.2 Å².